The van der Waals surface area contributed by atoms with Crippen LogP contribution in [0.1, 0.15) is 24.0 Å². The summed E-state index contributed by atoms with van der Waals surface area (Å²) in [5, 5.41) is 3.40. The van der Waals surface area contributed by atoms with Gasteiger partial charge in [-0.1, -0.05) is 12.1 Å². The Labute approximate surface area is 104 Å². The van der Waals surface area contributed by atoms with Crippen molar-refractivity contribution in [1.82, 2.24) is 5.32 Å². The van der Waals surface area contributed by atoms with Gasteiger partial charge in [-0.25, -0.2) is 4.39 Å². The maximum atomic E-state index is 13.3. The van der Waals surface area contributed by atoms with E-state index in [-0.39, 0.29) is 5.82 Å². The van der Waals surface area contributed by atoms with Gasteiger partial charge in [0, 0.05) is 34.9 Å². The molecule has 0 spiro atoms. The van der Waals surface area contributed by atoms with Crippen LogP contribution in [0.2, 0.25) is 0 Å². The van der Waals surface area contributed by atoms with Gasteiger partial charge in [0.1, 0.15) is 5.82 Å². The molecule has 0 aliphatic carbocycles. The molecule has 0 amide bonds. The lowest BCUT2D eigenvalue weighted by Crippen LogP contribution is -2.35. The molecule has 1 aromatic rings. The average molecular weight is 255 g/mol. The Balaban J connectivity index is 1.85. The van der Waals surface area contributed by atoms with Gasteiger partial charge in [-0.15, -0.1) is 0 Å². The monoisotopic (exact) mass is 255 g/mol. The fourth-order valence-corrected chi connectivity index (χ4v) is 3.31. The SMILES string of the molecule is Cc1ccc(CNC2CCS(=O)CC2)cc1F. The Morgan fingerprint density at radius 3 is 2.76 bits per heavy atom. The van der Waals surface area contributed by atoms with Crippen LogP contribution in [0.25, 0.3) is 0 Å². The maximum absolute atomic E-state index is 13.3. The van der Waals surface area contributed by atoms with Gasteiger partial charge >= 0.3 is 0 Å². The summed E-state index contributed by atoms with van der Waals surface area (Å²) in [6.45, 7) is 2.46. The molecule has 0 atom stereocenters. The highest BCUT2D eigenvalue weighted by atomic mass is 32.2. The molecule has 94 valence electrons. The molecule has 2 nitrogen and oxygen atoms in total. The molecule has 1 heterocycles. The van der Waals surface area contributed by atoms with E-state index in [1.165, 1.54) is 0 Å². The van der Waals surface area contributed by atoms with Crippen LogP contribution in [0, 0.1) is 12.7 Å². The van der Waals surface area contributed by atoms with Gasteiger partial charge in [-0.3, -0.25) is 4.21 Å². The summed E-state index contributed by atoms with van der Waals surface area (Å²) < 4.78 is 24.5. The smallest absolute Gasteiger partial charge is 0.126 e. The molecule has 1 aliphatic rings. The number of hydrogen-bond donors (Lipinski definition) is 1. The second-order valence-electron chi connectivity index (χ2n) is 4.59. The first-order valence-corrected chi connectivity index (χ1v) is 7.47. The zero-order chi connectivity index (χ0) is 12.3. The predicted octanol–water partition coefficient (Wildman–Crippen LogP) is 2.13. The standard InChI is InChI=1S/C13H18FNOS/c1-10-2-3-11(8-13(10)14)9-15-12-4-6-17(16)7-5-12/h2-3,8,12,15H,4-7,9H2,1H3. The van der Waals surface area contributed by atoms with Gasteiger partial charge in [0.05, 0.1) is 0 Å². The first-order valence-electron chi connectivity index (χ1n) is 5.98. The van der Waals surface area contributed by atoms with Crippen molar-refractivity contribution < 1.29 is 8.60 Å². The lowest BCUT2D eigenvalue weighted by Gasteiger charge is -2.22. The summed E-state index contributed by atoms with van der Waals surface area (Å²) in [4.78, 5) is 0. The zero-order valence-electron chi connectivity index (χ0n) is 10.0. The van der Waals surface area contributed by atoms with Crippen molar-refractivity contribution in [3.05, 3.63) is 35.1 Å². The number of rotatable bonds is 3. The molecule has 1 aromatic carbocycles. The Kier molecular flexibility index (Phi) is 4.29. The number of nitrogens with one attached hydrogen (secondary N) is 1. The number of hydrogen-bond acceptors (Lipinski definition) is 2. The van der Waals surface area contributed by atoms with Crippen molar-refractivity contribution in [3.8, 4) is 0 Å². The molecule has 0 bridgehead atoms. The molecule has 17 heavy (non-hydrogen) atoms. The highest BCUT2D eigenvalue weighted by molar-refractivity contribution is 7.85. The van der Waals surface area contributed by atoms with Crippen molar-refractivity contribution in [2.24, 2.45) is 0 Å². The van der Waals surface area contributed by atoms with Gasteiger partial charge in [0.25, 0.3) is 0 Å². The fourth-order valence-electron chi connectivity index (χ4n) is 2.01. The van der Waals surface area contributed by atoms with E-state index in [0.29, 0.717) is 18.2 Å². The van der Waals surface area contributed by atoms with Crippen molar-refractivity contribution in [3.63, 3.8) is 0 Å². The molecule has 0 saturated carbocycles. The predicted molar refractivity (Wildman–Crippen MR) is 68.9 cm³/mol. The Hall–Kier alpha value is -0.740. The molecule has 1 saturated heterocycles. The van der Waals surface area contributed by atoms with E-state index in [4.69, 9.17) is 0 Å². The summed E-state index contributed by atoms with van der Waals surface area (Å²) in [5.41, 5.74) is 1.65. The second-order valence-corrected chi connectivity index (χ2v) is 6.28. The maximum Gasteiger partial charge on any atom is 0.126 e. The first kappa shape index (κ1) is 12.7. The van der Waals surface area contributed by atoms with Crippen molar-refractivity contribution in [2.45, 2.75) is 32.4 Å². The van der Waals surface area contributed by atoms with Crippen LogP contribution < -0.4 is 5.32 Å². The van der Waals surface area contributed by atoms with Gasteiger partial charge in [-0.05, 0) is 37.0 Å². The first-order chi connectivity index (χ1) is 8.15. The third-order valence-electron chi connectivity index (χ3n) is 3.22. The summed E-state index contributed by atoms with van der Waals surface area (Å²) in [5.74, 6) is 1.44. The molecular formula is C13H18FNOS. The minimum atomic E-state index is -0.616. The van der Waals surface area contributed by atoms with E-state index < -0.39 is 10.8 Å². The topological polar surface area (TPSA) is 29.1 Å². The minimum absolute atomic E-state index is 0.144. The number of benzene rings is 1. The van der Waals surface area contributed by atoms with Crippen LogP contribution in [0.3, 0.4) is 0 Å². The van der Waals surface area contributed by atoms with Crippen LogP contribution in [-0.2, 0) is 17.3 Å². The Morgan fingerprint density at radius 2 is 2.12 bits per heavy atom. The molecular weight excluding hydrogens is 237 g/mol. The normalized spacial score (nSPS) is 24.8. The van der Waals surface area contributed by atoms with E-state index in [2.05, 4.69) is 5.32 Å². The van der Waals surface area contributed by atoms with Crippen LogP contribution in [0.4, 0.5) is 4.39 Å². The molecule has 1 aliphatic heterocycles. The minimum Gasteiger partial charge on any atom is -0.310 e. The van der Waals surface area contributed by atoms with Crippen LogP contribution >= 0.6 is 0 Å². The molecule has 1 fully saturated rings. The summed E-state index contributed by atoms with van der Waals surface area (Å²) >= 11 is 0. The third-order valence-corrected chi connectivity index (χ3v) is 4.60. The van der Waals surface area contributed by atoms with Gasteiger partial charge in [-0.2, -0.15) is 0 Å². The number of halogens is 1. The molecule has 1 N–H and O–H groups in total. The molecule has 0 radical (unpaired) electrons. The van der Waals surface area contributed by atoms with Crippen LogP contribution in [-0.4, -0.2) is 21.8 Å². The molecule has 2 rings (SSSR count). The quantitative estimate of drug-likeness (QED) is 0.896. The van der Waals surface area contributed by atoms with Gasteiger partial charge in [0.2, 0.25) is 0 Å². The fraction of sp³-hybridized carbons (Fsp3) is 0.538. The van der Waals surface area contributed by atoms with E-state index in [1.54, 1.807) is 13.0 Å². The zero-order valence-corrected chi connectivity index (χ0v) is 10.9. The van der Waals surface area contributed by atoms with Crippen molar-refractivity contribution >= 4 is 10.8 Å². The lowest BCUT2D eigenvalue weighted by atomic mass is 10.1. The summed E-state index contributed by atoms with van der Waals surface area (Å²) in [6.07, 6.45) is 1.92. The lowest BCUT2D eigenvalue weighted by molar-refractivity contribution is 0.474. The van der Waals surface area contributed by atoms with E-state index >= 15 is 0 Å². The average Bonchev–Trinajstić information content (AvgIpc) is 2.33. The third kappa shape index (κ3) is 3.61. The largest absolute Gasteiger partial charge is 0.310 e. The van der Waals surface area contributed by atoms with Crippen molar-refractivity contribution in [1.29, 1.82) is 0 Å². The summed E-state index contributed by atoms with van der Waals surface area (Å²) in [6, 6.07) is 5.77. The van der Waals surface area contributed by atoms with E-state index in [0.717, 1.165) is 29.9 Å². The van der Waals surface area contributed by atoms with E-state index in [9.17, 15) is 8.60 Å². The Bertz CT molecular complexity index is 412. The van der Waals surface area contributed by atoms with Gasteiger partial charge in [0.15, 0.2) is 0 Å². The molecule has 4 heteroatoms. The molecule has 0 unspecified atom stereocenters. The Morgan fingerprint density at radius 1 is 1.41 bits per heavy atom. The van der Waals surface area contributed by atoms with Gasteiger partial charge < -0.3 is 5.32 Å². The summed E-state index contributed by atoms with van der Waals surface area (Å²) in [7, 11) is -0.616. The van der Waals surface area contributed by atoms with Crippen LogP contribution in [0.5, 0.6) is 0 Å². The van der Waals surface area contributed by atoms with E-state index in [1.807, 2.05) is 12.1 Å². The highest BCUT2D eigenvalue weighted by Crippen LogP contribution is 2.12. The molecule has 0 aromatic heterocycles. The van der Waals surface area contributed by atoms with Crippen molar-refractivity contribution in [2.75, 3.05) is 11.5 Å². The number of aryl methyl sites for hydroxylation is 1. The second kappa shape index (κ2) is 5.74. The highest BCUT2D eigenvalue weighted by Gasteiger charge is 2.16. The van der Waals surface area contributed by atoms with Crippen LogP contribution in [0.15, 0.2) is 18.2 Å².